The van der Waals surface area contributed by atoms with Crippen LogP contribution in [0.5, 0.6) is 5.75 Å². The van der Waals surface area contributed by atoms with Gasteiger partial charge in [0.2, 0.25) is 0 Å². The van der Waals surface area contributed by atoms with Crippen molar-refractivity contribution >= 4 is 16.8 Å². The minimum absolute atomic E-state index is 0.0507. The lowest BCUT2D eigenvalue weighted by Crippen LogP contribution is -2.13. The van der Waals surface area contributed by atoms with E-state index in [9.17, 15) is 9.90 Å². The predicted octanol–water partition coefficient (Wildman–Crippen LogP) is 0.434. The highest BCUT2D eigenvalue weighted by Crippen LogP contribution is 2.19. The van der Waals surface area contributed by atoms with Crippen molar-refractivity contribution in [3.05, 3.63) is 30.2 Å². The van der Waals surface area contributed by atoms with Gasteiger partial charge in [-0.25, -0.2) is 9.97 Å². The van der Waals surface area contributed by atoms with E-state index in [2.05, 4.69) is 9.97 Å². The number of carbonyl (C=O) groups is 1. The summed E-state index contributed by atoms with van der Waals surface area (Å²) < 4.78 is 0. The van der Waals surface area contributed by atoms with Gasteiger partial charge >= 0.3 is 0 Å². The van der Waals surface area contributed by atoms with Gasteiger partial charge < -0.3 is 10.8 Å². The summed E-state index contributed by atoms with van der Waals surface area (Å²) in [5, 5.41) is 9.69. The summed E-state index contributed by atoms with van der Waals surface area (Å²) in [6.07, 6.45) is 1.26. The van der Waals surface area contributed by atoms with Crippen LogP contribution in [0.1, 0.15) is 10.5 Å². The Balaban J connectivity index is 2.84. The molecule has 1 heterocycles. The molecule has 5 heteroatoms. The van der Waals surface area contributed by atoms with Crippen LogP contribution in [0.4, 0.5) is 0 Å². The van der Waals surface area contributed by atoms with Crippen molar-refractivity contribution in [1.82, 2.24) is 9.97 Å². The number of hydrogen-bond donors (Lipinski definition) is 2. The Hall–Kier alpha value is -2.17. The topological polar surface area (TPSA) is 89.1 Å². The summed E-state index contributed by atoms with van der Waals surface area (Å²) in [5.74, 6) is -0.585. The van der Waals surface area contributed by atoms with Gasteiger partial charge in [-0.3, -0.25) is 4.79 Å². The number of amides is 1. The average Bonchev–Trinajstić information content (AvgIpc) is 2.16. The first-order valence-electron chi connectivity index (χ1n) is 3.92. The number of fused-ring (bicyclic) bond motifs is 1. The number of carbonyl (C=O) groups excluding carboxylic acids is 1. The first-order chi connectivity index (χ1) is 6.68. The summed E-state index contributed by atoms with van der Waals surface area (Å²) in [7, 11) is 0. The summed E-state index contributed by atoms with van der Waals surface area (Å²) in [6, 6.07) is 4.49. The smallest absolute Gasteiger partial charge is 0.268 e. The van der Waals surface area contributed by atoms with Crippen LogP contribution in [0.3, 0.4) is 0 Å². The van der Waals surface area contributed by atoms with E-state index in [-0.39, 0.29) is 11.4 Å². The van der Waals surface area contributed by atoms with E-state index >= 15 is 0 Å². The van der Waals surface area contributed by atoms with Crippen LogP contribution in [0.2, 0.25) is 0 Å². The van der Waals surface area contributed by atoms with Gasteiger partial charge in [0.1, 0.15) is 17.8 Å². The SMILES string of the molecule is NC(=O)c1ncnc2ccc(O)cc12. The third-order valence-electron chi connectivity index (χ3n) is 1.85. The Morgan fingerprint density at radius 1 is 1.36 bits per heavy atom. The number of benzene rings is 1. The van der Waals surface area contributed by atoms with Gasteiger partial charge in [-0.2, -0.15) is 0 Å². The molecule has 0 saturated carbocycles. The molecular formula is C9H7N3O2. The van der Waals surface area contributed by atoms with E-state index in [1.54, 1.807) is 6.07 Å². The highest BCUT2D eigenvalue weighted by atomic mass is 16.3. The van der Waals surface area contributed by atoms with E-state index in [1.807, 2.05) is 0 Å². The van der Waals surface area contributed by atoms with E-state index < -0.39 is 5.91 Å². The van der Waals surface area contributed by atoms with Gasteiger partial charge in [-0.15, -0.1) is 0 Å². The Morgan fingerprint density at radius 2 is 2.14 bits per heavy atom. The summed E-state index contributed by atoms with van der Waals surface area (Å²) in [5.41, 5.74) is 5.81. The molecule has 0 spiro atoms. The Morgan fingerprint density at radius 3 is 2.86 bits per heavy atom. The van der Waals surface area contributed by atoms with Crippen LogP contribution in [0.15, 0.2) is 24.5 Å². The maximum atomic E-state index is 11.0. The summed E-state index contributed by atoms with van der Waals surface area (Å²) in [6.45, 7) is 0. The first-order valence-corrected chi connectivity index (χ1v) is 3.92. The van der Waals surface area contributed by atoms with Crippen molar-refractivity contribution < 1.29 is 9.90 Å². The van der Waals surface area contributed by atoms with Gasteiger partial charge in [-0.05, 0) is 18.2 Å². The van der Waals surface area contributed by atoms with Crippen LogP contribution in [-0.2, 0) is 0 Å². The molecule has 70 valence electrons. The number of hydrogen-bond acceptors (Lipinski definition) is 4. The molecule has 14 heavy (non-hydrogen) atoms. The van der Waals surface area contributed by atoms with Crippen LogP contribution in [0.25, 0.3) is 10.9 Å². The molecule has 5 nitrogen and oxygen atoms in total. The van der Waals surface area contributed by atoms with Crippen molar-refractivity contribution in [3.8, 4) is 5.75 Å². The molecule has 0 aliphatic carbocycles. The predicted molar refractivity (Wildman–Crippen MR) is 49.7 cm³/mol. The third-order valence-corrected chi connectivity index (χ3v) is 1.85. The fourth-order valence-corrected chi connectivity index (χ4v) is 1.24. The number of nitrogens with zero attached hydrogens (tertiary/aromatic N) is 2. The molecule has 0 aliphatic heterocycles. The second-order valence-electron chi connectivity index (χ2n) is 2.79. The maximum absolute atomic E-state index is 11.0. The summed E-state index contributed by atoms with van der Waals surface area (Å²) >= 11 is 0. The second kappa shape index (κ2) is 2.95. The number of aromatic hydroxyl groups is 1. The molecule has 0 aliphatic rings. The molecule has 1 aromatic carbocycles. The van der Waals surface area contributed by atoms with Gasteiger partial charge in [0.25, 0.3) is 5.91 Å². The van der Waals surface area contributed by atoms with E-state index in [4.69, 9.17) is 5.73 Å². The highest BCUT2D eigenvalue weighted by molar-refractivity contribution is 6.03. The zero-order valence-electron chi connectivity index (χ0n) is 7.14. The molecule has 3 N–H and O–H groups in total. The molecule has 0 radical (unpaired) electrons. The zero-order valence-corrected chi connectivity index (χ0v) is 7.14. The van der Waals surface area contributed by atoms with Gasteiger partial charge in [0.05, 0.1) is 5.52 Å². The Bertz CT molecular complexity index is 510. The minimum atomic E-state index is -0.636. The Kier molecular flexibility index (Phi) is 1.78. The minimum Gasteiger partial charge on any atom is -0.508 e. The van der Waals surface area contributed by atoms with Crippen LogP contribution in [-0.4, -0.2) is 21.0 Å². The number of phenols is 1. The van der Waals surface area contributed by atoms with Crippen molar-refractivity contribution in [2.75, 3.05) is 0 Å². The average molecular weight is 189 g/mol. The quantitative estimate of drug-likeness (QED) is 0.680. The second-order valence-corrected chi connectivity index (χ2v) is 2.79. The molecule has 0 fully saturated rings. The van der Waals surface area contributed by atoms with Crippen molar-refractivity contribution in [3.63, 3.8) is 0 Å². The number of aromatic nitrogens is 2. The zero-order chi connectivity index (χ0) is 10.1. The molecule has 1 aromatic heterocycles. The van der Waals surface area contributed by atoms with Crippen LogP contribution >= 0.6 is 0 Å². The molecule has 0 saturated heterocycles. The molecule has 1 amide bonds. The number of rotatable bonds is 1. The van der Waals surface area contributed by atoms with Crippen molar-refractivity contribution in [2.24, 2.45) is 5.73 Å². The van der Waals surface area contributed by atoms with E-state index in [0.717, 1.165) is 0 Å². The monoisotopic (exact) mass is 189 g/mol. The molecule has 2 aromatic rings. The fraction of sp³-hybridized carbons (Fsp3) is 0. The molecule has 0 unspecified atom stereocenters. The number of primary amides is 1. The largest absolute Gasteiger partial charge is 0.508 e. The molecule has 2 rings (SSSR count). The first kappa shape index (κ1) is 8.43. The highest BCUT2D eigenvalue weighted by Gasteiger charge is 2.08. The molecule has 0 atom stereocenters. The summed E-state index contributed by atoms with van der Waals surface area (Å²) in [4.78, 5) is 18.7. The third kappa shape index (κ3) is 1.24. The van der Waals surface area contributed by atoms with Crippen molar-refractivity contribution in [2.45, 2.75) is 0 Å². The lowest BCUT2D eigenvalue weighted by molar-refractivity contribution is 0.0997. The van der Waals surface area contributed by atoms with Crippen LogP contribution < -0.4 is 5.73 Å². The van der Waals surface area contributed by atoms with Gasteiger partial charge in [0.15, 0.2) is 0 Å². The van der Waals surface area contributed by atoms with Gasteiger partial charge in [0, 0.05) is 5.39 Å². The Labute approximate surface area is 79.2 Å². The fourth-order valence-electron chi connectivity index (χ4n) is 1.24. The van der Waals surface area contributed by atoms with E-state index in [1.165, 1.54) is 18.5 Å². The molecular weight excluding hydrogens is 182 g/mol. The standard InChI is InChI=1S/C9H7N3O2/c10-9(14)8-6-3-5(13)1-2-7(6)11-4-12-8/h1-4,13H,(H2,10,14). The number of nitrogens with two attached hydrogens (primary N) is 1. The van der Waals surface area contributed by atoms with Crippen molar-refractivity contribution in [1.29, 1.82) is 0 Å². The lowest BCUT2D eigenvalue weighted by Gasteiger charge is -2.01. The van der Waals surface area contributed by atoms with Gasteiger partial charge in [-0.1, -0.05) is 0 Å². The number of phenolic OH excluding ortho intramolecular Hbond substituents is 1. The van der Waals surface area contributed by atoms with E-state index in [0.29, 0.717) is 10.9 Å². The maximum Gasteiger partial charge on any atom is 0.268 e. The normalized spacial score (nSPS) is 10.3. The lowest BCUT2D eigenvalue weighted by atomic mass is 10.2. The van der Waals surface area contributed by atoms with Crippen LogP contribution in [0, 0.1) is 0 Å². The molecule has 0 bridgehead atoms.